The minimum Gasteiger partial charge on any atom is -0.321 e. The van der Waals surface area contributed by atoms with Crippen LogP contribution in [0.4, 0.5) is 0 Å². The van der Waals surface area contributed by atoms with Gasteiger partial charge in [-0.25, -0.2) is 0 Å². The van der Waals surface area contributed by atoms with Crippen molar-refractivity contribution >= 4 is 0 Å². The third-order valence-electron chi connectivity index (χ3n) is 4.06. The zero-order valence-corrected chi connectivity index (χ0v) is 11.3. The summed E-state index contributed by atoms with van der Waals surface area (Å²) in [7, 11) is 0. The van der Waals surface area contributed by atoms with E-state index in [1.54, 1.807) is 0 Å². The number of rotatable bonds is 2. The molecule has 3 heteroatoms. The molecule has 0 saturated heterocycles. The molecule has 90 valence electrons. The summed E-state index contributed by atoms with van der Waals surface area (Å²) >= 11 is 0. The maximum atomic E-state index is 6.51. The zero-order chi connectivity index (χ0) is 12.3. The Morgan fingerprint density at radius 1 is 1.31 bits per heavy atom. The van der Waals surface area contributed by atoms with E-state index in [4.69, 9.17) is 5.73 Å². The molecule has 1 saturated carbocycles. The number of nitrogens with two attached hydrogens (primary N) is 1. The lowest BCUT2D eigenvalue weighted by Crippen LogP contribution is -2.27. The minimum atomic E-state index is -0.158. The molecule has 0 aliphatic heterocycles. The molecule has 2 N–H and O–H groups in total. The highest BCUT2D eigenvalue weighted by atomic mass is 15.3. The Hall–Kier alpha value is -0.830. The topological polar surface area (TPSA) is 43.8 Å². The summed E-state index contributed by atoms with van der Waals surface area (Å²) < 4.78 is 2.09. The fourth-order valence-corrected chi connectivity index (χ4v) is 2.89. The van der Waals surface area contributed by atoms with Gasteiger partial charge in [-0.1, -0.05) is 13.8 Å². The summed E-state index contributed by atoms with van der Waals surface area (Å²) in [6, 6.07) is 0.401. The van der Waals surface area contributed by atoms with E-state index in [1.165, 1.54) is 11.3 Å². The minimum absolute atomic E-state index is 0.158. The van der Waals surface area contributed by atoms with Crippen molar-refractivity contribution in [3.63, 3.8) is 0 Å². The summed E-state index contributed by atoms with van der Waals surface area (Å²) in [4.78, 5) is 0. The van der Waals surface area contributed by atoms with Crippen LogP contribution in [0.1, 0.15) is 57.1 Å². The SMILES string of the molecule is Cc1nn(C(C)C)c(C)c1C1(N)CC1(C)C. The number of nitrogens with zero attached hydrogens (tertiary/aromatic N) is 2. The Kier molecular flexibility index (Phi) is 2.26. The van der Waals surface area contributed by atoms with E-state index in [0.717, 1.165) is 12.1 Å². The Balaban J connectivity index is 2.52. The number of aromatic nitrogens is 2. The number of hydrogen-bond acceptors (Lipinski definition) is 2. The normalized spacial score (nSPS) is 27.5. The Bertz CT molecular complexity index is 429. The van der Waals surface area contributed by atoms with Crippen LogP contribution in [0.3, 0.4) is 0 Å². The van der Waals surface area contributed by atoms with Crippen molar-refractivity contribution in [2.45, 2.75) is 59.5 Å². The first-order valence-electron chi connectivity index (χ1n) is 6.06. The summed E-state index contributed by atoms with van der Waals surface area (Å²) in [5.41, 5.74) is 10.2. The summed E-state index contributed by atoms with van der Waals surface area (Å²) in [5, 5.41) is 4.62. The quantitative estimate of drug-likeness (QED) is 0.834. The van der Waals surface area contributed by atoms with E-state index < -0.39 is 0 Å². The monoisotopic (exact) mass is 221 g/mol. The van der Waals surface area contributed by atoms with E-state index >= 15 is 0 Å². The molecule has 0 radical (unpaired) electrons. The van der Waals surface area contributed by atoms with E-state index in [-0.39, 0.29) is 11.0 Å². The lowest BCUT2D eigenvalue weighted by Gasteiger charge is -2.16. The van der Waals surface area contributed by atoms with Crippen molar-refractivity contribution < 1.29 is 0 Å². The van der Waals surface area contributed by atoms with Gasteiger partial charge in [0.2, 0.25) is 0 Å². The first-order chi connectivity index (χ1) is 7.21. The van der Waals surface area contributed by atoms with Gasteiger partial charge in [-0.3, -0.25) is 4.68 Å². The highest BCUT2D eigenvalue weighted by molar-refractivity contribution is 5.41. The van der Waals surface area contributed by atoms with Gasteiger partial charge >= 0.3 is 0 Å². The molecule has 16 heavy (non-hydrogen) atoms. The molecule has 1 unspecified atom stereocenters. The van der Waals surface area contributed by atoms with E-state index in [0.29, 0.717) is 6.04 Å². The highest BCUT2D eigenvalue weighted by Crippen LogP contribution is 2.61. The molecule has 0 amide bonds. The van der Waals surface area contributed by atoms with Gasteiger partial charge in [0, 0.05) is 17.3 Å². The maximum Gasteiger partial charge on any atom is 0.0647 e. The molecular formula is C13H23N3. The molecule has 3 nitrogen and oxygen atoms in total. The van der Waals surface area contributed by atoms with Gasteiger partial charge in [-0.2, -0.15) is 5.10 Å². The van der Waals surface area contributed by atoms with E-state index in [1.807, 2.05) is 0 Å². The van der Waals surface area contributed by atoms with Crippen LogP contribution in [0.15, 0.2) is 0 Å². The van der Waals surface area contributed by atoms with Crippen LogP contribution in [0, 0.1) is 19.3 Å². The van der Waals surface area contributed by atoms with Gasteiger partial charge in [-0.05, 0) is 39.5 Å². The molecule has 1 aromatic heterocycles. The summed E-state index contributed by atoms with van der Waals surface area (Å²) in [5.74, 6) is 0. The van der Waals surface area contributed by atoms with Crippen molar-refractivity contribution in [2.24, 2.45) is 11.1 Å². The standard InChI is InChI=1S/C13H23N3/c1-8(2)16-10(4)11(9(3)15-16)13(14)7-12(13,5)6/h8H,7,14H2,1-6H3. The molecule has 2 rings (SSSR count). The first kappa shape index (κ1) is 11.6. The average Bonchev–Trinajstić information content (AvgIpc) is 2.49. The highest BCUT2D eigenvalue weighted by Gasteiger charge is 2.61. The van der Waals surface area contributed by atoms with E-state index in [9.17, 15) is 0 Å². The Morgan fingerprint density at radius 2 is 1.81 bits per heavy atom. The van der Waals surface area contributed by atoms with Crippen LogP contribution in [0.2, 0.25) is 0 Å². The van der Waals surface area contributed by atoms with Gasteiger partial charge in [0.25, 0.3) is 0 Å². The van der Waals surface area contributed by atoms with Gasteiger partial charge in [0.05, 0.1) is 11.2 Å². The Labute approximate surface area is 98.0 Å². The molecule has 1 aliphatic rings. The van der Waals surface area contributed by atoms with Gasteiger partial charge < -0.3 is 5.73 Å². The summed E-state index contributed by atoms with van der Waals surface area (Å²) in [6.07, 6.45) is 1.06. The molecule has 0 bridgehead atoms. The molecular weight excluding hydrogens is 198 g/mol. The molecule has 1 aromatic rings. The van der Waals surface area contributed by atoms with Crippen molar-refractivity contribution in [2.75, 3.05) is 0 Å². The molecule has 1 heterocycles. The Morgan fingerprint density at radius 3 is 2.12 bits per heavy atom. The fraction of sp³-hybridized carbons (Fsp3) is 0.769. The average molecular weight is 221 g/mol. The largest absolute Gasteiger partial charge is 0.321 e. The zero-order valence-electron chi connectivity index (χ0n) is 11.3. The third kappa shape index (κ3) is 1.34. The maximum absolute atomic E-state index is 6.51. The number of aryl methyl sites for hydroxylation is 1. The van der Waals surface area contributed by atoms with Crippen molar-refractivity contribution in [3.8, 4) is 0 Å². The van der Waals surface area contributed by atoms with Crippen molar-refractivity contribution in [1.82, 2.24) is 9.78 Å². The van der Waals surface area contributed by atoms with Crippen LogP contribution >= 0.6 is 0 Å². The second kappa shape index (κ2) is 3.10. The predicted molar refractivity (Wildman–Crippen MR) is 66.3 cm³/mol. The molecule has 0 spiro atoms. The van der Waals surface area contributed by atoms with Crippen LogP contribution in [0.25, 0.3) is 0 Å². The van der Waals surface area contributed by atoms with E-state index in [2.05, 4.69) is 51.3 Å². The fourth-order valence-electron chi connectivity index (χ4n) is 2.89. The molecule has 1 atom stereocenters. The van der Waals surface area contributed by atoms with Crippen LogP contribution in [-0.2, 0) is 5.54 Å². The molecule has 0 aromatic carbocycles. The number of hydrogen-bond donors (Lipinski definition) is 1. The lowest BCUT2D eigenvalue weighted by molar-refractivity contribution is 0.496. The van der Waals surface area contributed by atoms with Gasteiger partial charge in [0.1, 0.15) is 0 Å². The second-order valence-electron chi connectivity index (χ2n) is 6.12. The van der Waals surface area contributed by atoms with Crippen molar-refractivity contribution in [3.05, 3.63) is 17.0 Å². The van der Waals surface area contributed by atoms with Gasteiger partial charge in [0.15, 0.2) is 0 Å². The molecule has 1 fully saturated rings. The van der Waals surface area contributed by atoms with Crippen molar-refractivity contribution in [1.29, 1.82) is 0 Å². The second-order valence-corrected chi connectivity index (χ2v) is 6.12. The molecule has 1 aliphatic carbocycles. The third-order valence-corrected chi connectivity index (χ3v) is 4.06. The van der Waals surface area contributed by atoms with Crippen LogP contribution in [-0.4, -0.2) is 9.78 Å². The predicted octanol–water partition coefficient (Wildman–Crippen LogP) is 2.66. The lowest BCUT2D eigenvalue weighted by atomic mass is 9.95. The van der Waals surface area contributed by atoms with Gasteiger partial charge in [-0.15, -0.1) is 0 Å². The first-order valence-corrected chi connectivity index (χ1v) is 6.06. The summed E-state index contributed by atoms with van der Waals surface area (Å²) in [6.45, 7) is 13.0. The smallest absolute Gasteiger partial charge is 0.0647 e. The van der Waals surface area contributed by atoms with Crippen LogP contribution < -0.4 is 5.73 Å². The van der Waals surface area contributed by atoms with Crippen LogP contribution in [0.5, 0.6) is 0 Å².